The molecule has 0 saturated heterocycles. The molecule has 0 aromatic heterocycles. The number of amides is 2. The topological polar surface area (TPSA) is 91.3 Å². The molecule has 0 unspecified atom stereocenters. The van der Waals surface area contributed by atoms with E-state index in [1.165, 1.54) is 25.3 Å². The first-order valence-electron chi connectivity index (χ1n) is 16.6. The number of carbonyl (C=O) groups excluding carboxylic acids is 2. The summed E-state index contributed by atoms with van der Waals surface area (Å²) in [6.45, 7) is 4.73. The molecule has 3 atom stereocenters. The van der Waals surface area contributed by atoms with Gasteiger partial charge in [0.05, 0.1) is 43.0 Å². The minimum atomic E-state index is -4.49. The first-order valence-corrected chi connectivity index (χ1v) is 16.6. The Kier molecular flexibility index (Phi) is 11.7. The lowest BCUT2D eigenvalue weighted by Gasteiger charge is -2.38. The number of anilines is 1. The van der Waals surface area contributed by atoms with Crippen LogP contribution in [0.5, 0.6) is 11.5 Å². The van der Waals surface area contributed by atoms with Crippen molar-refractivity contribution in [1.82, 2.24) is 9.80 Å². The summed E-state index contributed by atoms with van der Waals surface area (Å²) < 4.78 is 65.4. The number of aliphatic hydroxyl groups excluding tert-OH is 1. The number of nitrogens with one attached hydrogen (secondary N) is 1. The number of para-hydroxylation sites is 1. The third-order valence-corrected chi connectivity index (χ3v) is 9.00. The summed E-state index contributed by atoms with van der Waals surface area (Å²) in [5, 5.41) is 12.8. The number of ether oxygens (including phenoxy) is 2. The van der Waals surface area contributed by atoms with Crippen LogP contribution in [-0.2, 0) is 23.9 Å². The van der Waals surface area contributed by atoms with E-state index in [1.54, 1.807) is 42.2 Å². The van der Waals surface area contributed by atoms with Gasteiger partial charge in [-0.3, -0.25) is 14.5 Å². The van der Waals surface area contributed by atoms with Crippen LogP contribution in [0.15, 0.2) is 84.9 Å². The molecule has 51 heavy (non-hydrogen) atoms. The molecule has 4 aromatic carbocycles. The van der Waals surface area contributed by atoms with Crippen molar-refractivity contribution < 1.29 is 41.7 Å². The molecule has 270 valence electrons. The average Bonchev–Trinajstić information content (AvgIpc) is 3.10. The van der Waals surface area contributed by atoms with Gasteiger partial charge in [-0.1, -0.05) is 49.4 Å². The summed E-state index contributed by atoms with van der Waals surface area (Å²) in [4.78, 5) is 30.6. The van der Waals surface area contributed by atoms with Crippen molar-refractivity contribution in [3.63, 3.8) is 0 Å². The number of benzene rings is 4. The van der Waals surface area contributed by atoms with Crippen molar-refractivity contribution in [3.8, 4) is 22.6 Å². The number of carbonyl (C=O) groups is 2. The Morgan fingerprint density at radius 2 is 1.73 bits per heavy atom. The fraction of sp³-hybridized carbons (Fsp3) is 0.333. The Hall–Kier alpha value is -4.94. The molecule has 0 aliphatic carbocycles. The van der Waals surface area contributed by atoms with E-state index in [1.807, 2.05) is 38.2 Å². The normalized spacial score (nSPS) is 16.9. The Labute approximate surface area is 294 Å². The molecule has 8 nitrogen and oxygen atoms in total. The second kappa shape index (κ2) is 15.9. The van der Waals surface area contributed by atoms with E-state index in [2.05, 4.69) is 10.2 Å². The van der Waals surface area contributed by atoms with Gasteiger partial charge in [-0.15, -0.1) is 0 Å². The Morgan fingerprint density at radius 3 is 2.35 bits per heavy atom. The number of methoxy groups -OCH3 is 1. The van der Waals surface area contributed by atoms with Crippen LogP contribution in [0.2, 0.25) is 0 Å². The van der Waals surface area contributed by atoms with E-state index in [0.717, 1.165) is 23.3 Å². The van der Waals surface area contributed by atoms with Crippen LogP contribution in [0.3, 0.4) is 0 Å². The fourth-order valence-corrected chi connectivity index (χ4v) is 6.08. The van der Waals surface area contributed by atoms with E-state index < -0.39 is 29.8 Å². The second-order valence-electron chi connectivity index (χ2n) is 13.0. The molecule has 0 saturated carbocycles. The maximum atomic E-state index is 14.7. The summed E-state index contributed by atoms with van der Waals surface area (Å²) >= 11 is 0. The molecule has 5 rings (SSSR count). The molecule has 2 N–H and O–H groups in total. The number of fused-ring (bicyclic) bond motifs is 1. The van der Waals surface area contributed by atoms with Gasteiger partial charge in [0.15, 0.2) is 5.75 Å². The lowest BCUT2D eigenvalue weighted by molar-refractivity contribution is -0.137. The summed E-state index contributed by atoms with van der Waals surface area (Å²) in [7, 11) is 3.42. The number of alkyl halides is 3. The van der Waals surface area contributed by atoms with Crippen molar-refractivity contribution in [2.75, 3.05) is 39.2 Å². The number of nitrogens with zero attached hydrogens (tertiary/aromatic N) is 2. The van der Waals surface area contributed by atoms with Gasteiger partial charge in [-0.2, -0.15) is 13.2 Å². The lowest BCUT2D eigenvalue weighted by atomic mass is 9.98. The third kappa shape index (κ3) is 9.05. The minimum absolute atomic E-state index is 0.175. The van der Waals surface area contributed by atoms with E-state index in [0.29, 0.717) is 36.5 Å². The Balaban J connectivity index is 1.35. The van der Waals surface area contributed by atoms with Crippen LogP contribution >= 0.6 is 0 Å². The highest BCUT2D eigenvalue weighted by atomic mass is 19.4. The molecular formula is C39H41F4N3O5. The molecular weight excluding hydrogens is 666 g/mol. The number of hydrogen-bond acceptors (Lipinski definition) is 6. The molecule has 0 fully saturated rings. The summed E-state index contributed by atoms with van der Waals surface area (Å²) in [5.41, 5.74) is 2.21. The van der Waals surface area contributed by atoms with Gasteiger partial charge in [-0.05, 0) is 67.1 Å². The SMILES string of the molecule is COc1ccc(-c2ccc(CN(C)C[C@H]3Oc4c(NC(=O)Cc5ccc(C(F)(F)F)cc5)cccc4C(=O)N([C@@H](C)CO)C[C@H]3C)cc2)c(F)c1. The molecule has 2 amide bonds. The van der Waals surface area contributed by atoms with Gasteiger partial charge in [0.1, 0.15) is 17.7 Å². The largest absolute Gasteiger partial charge is 0.497 e. The quantitative estimate of drug-likeness (QED) is 0.163. The maximum absolute atomic E-state index is 14.7. The summed E-state index contributed by atoms with van der Waals surface area (Å²) in [6.07, 6.45) is -5.15. The van der Waals surface area contributed by atoms with Gasteiger partial charge >= 0.3 is 6.18 Å². The number of likely N-dealkylation sites (N-methyl/N-ethyl adjacent to an activating group) is 1. The highest BCUT2D eigenvalue weighted by Gasteiger charge is 2.35. The van der Waals surface area contributed by atoms with Crippen molar-refractivity contribution in [2.45, 2.75) is 45.1 Å². The molecule has 12 heteroatoms. The van der Waals surface area contributed by atoms with Gasteiger partial charge in [0, 0.05) is 37.2 Å². The van der Waals surface area contributed by atoms with Crippen molar-refractivity contribution in [2.24, 2.45) is 5.92 Å². The number of hydrogen-bond donors (Lipinski definition) is 2. The highest BCUT2D eigenvalue weighted by Crippen LogP contribution is 2.36. The van der Waals surface area contributed by atoms with Gasteiger partial charge in [0.2, 0.25) is 5.91 Å². The van der Waals surface area contributed by atoms with E-state index >= 15 is 0 Å². The van der Waals surface area contributed by atoms with Crippen molar-refractivity contribution in [1.29, 1.82) is 0 Å². The first-order chi connectivity index (χ1) is 24.3. The van der Waals surface area contributed by atoms with Gasteiger partial charge < -0.3 is 24.8 Å². The lowest BCUT2D eigenvalue weighted by Crippen LogP contribution is -2.49. The Bertz CT molecular complexity index is 1830. The van der Waals surface area contributed by atoms with Gasteiger partial charge in [0.25, 0.3) is 5.91 Å². The molecule has 1 heterocycles. The summed E-state index contributed by atoms with van der Waals surface area (Å²) in [5.74, 6) is -0.829. The Morgan fingerprint density at radius 1 is 1.04 bits per heavy atom. The van der Waals surface area contributed by atoms with E-state index in [-0.39, 0.29) is 47.7 Å². The maximum Gasteiger partial charge on any atom is 0.416 e. The van der Waals surface area contributed by atoms with E-state index in [9.17, 15) is 32.3 Å². The molecule has 0 bridgehead atoms. The van der Waals surface area contributed by atoms with E-state index in [4.69, 9.17) is 9.47 Å². The zero-order valence-electron chi connectivity index (χ0n) is 28.8. The van der Waals surface area contributed by atoms with Crippen molar-refractivity contribution >= 4 is 17.5 Å². The third-order valence-electron chi connectivity index (χ3n) is 9.00. The number of halogens is 4. The second-order valence-corrected chi connectivity index (χ2v) is 13.0. The molecule has 1 aliphatic heterocycles. The molecule has 0 radical (unpaired) electrons. The predicted octanol–water partition coefficient (Wildman–Crippen LogP) is 7.05. The minimum Gasteiger partial charge on any atom is -0.497 e. The first kappa shape index (κ1) is 37.3. The highest BCUT2D eigenvalue weighted by molar-refractivity contribution is 6.02. The van der Waals surface area contributed by atoms with Crippen LogP contribution in [0.1, 0.15) is 40.9 Å². The predicted molar refractivity (Wildman–Crippen MR) is 186 cm³/mol. The fourth-order valence-electron chi connectivity index (χ4n) is 6.08. The van der Waals surface area contributed by atoms with Crippen LogP contribution in [-0.4, -0.2) is 72.7 Å². The van der Waals surface area contributed by atoms with Crippen LogP contribution in [0, 0.1) is 11.7 Å². The zero-order valence-corrected chi connectivity index (χ0v) is 28.8. The molecule has 4 aromatic rings. The van der Waals surface area contributed by atoms with Gasteiger partial charge in [-0.25, -0.2) is 4.39 Å². The van der Waals surface area contributed by atoms with Crippen LogP contribution in [0.4, 0.5) is 23.2 Å². The zero-order chi connectivity index (χ0) is 36.9. The average molecular weight is 708 g/mol. The number of rotatable bonds is 11. The summed E-state index contributed by atoms with van der Waals surface area (Å²) in [6, 6.07) is 21.0. The monoisotopic (exact) mass is 707 g/mol. The van der Waals surface area contributed by atoms with Crippen LogP contribution < -0.4 is 14.8 Å². The van der Waals surface area contributed by atoms with Crippen molar-refractivity contribution in [3.05, 3.63) is 113 Å². The number of aliphatic hydroxyl groups is 1. The molecule has 1 aliphatic rings. The molecule has 0 spiro atoms. The van der Waals surface area contributed by atoms with Crippen LogP contribution in [0.25, 0.3) is 11.1 Å². The standard InChI is InChI=1S/C39H41F4N3O5/c1-24-20-46(25(2)23-47)38(49)32-6-5-7-34(44-36(48)18-26-10-14-29(15-11-26)39(41,42)43)37(32)51-35(24)22-45(3)21-27-8-12-28(13-9-27)31-17-16-30(50-4)19-33(31)40/h5-17,19,24-25,35,47H,18,20-23H2,1-4H3,(H,44,48)/t24-,25+,35-/m1/s1. The smallest absolute Gasteiger partial charge is 0.416 e.